The second kappa shape index (κ2) is 6.96. The Balaban J connectivity index is 1.62. The van der Waals surface area contributed by atoms with Gasteiger partial charge in [-0.25, -0.2) is 8.42 Å². The van der Waals surface area contributed by atoms with E-state index in [1.165, 1.54) is 22.5 Å². The third-order valence-electron chi connectivity index (χ3n) is 4.94. The molecule has 146 valence electrons. The van der Waals surface area contributed by atoms with Crippen LogP contribution in [0.2, 0.25) is 0 Å². The molecule has 1 aliphatic rings. The Kier molecular flexibility index (Phi) is 4.60. The first-order valence-corrected chi connectivity index (χ1v) is 10.5. The topological polar surface area (TPSA) is 102 Å². The number of phenols is 1. The smallest absolute Gasteiger partial charge is 0.272 e. The van der Waals surface area contributed by atoms with Crippen LogP contribution in [0.25, 0.3) is 10.9 Å². The Hall–Kier alpha value is -2.84. The Morgan fingerprint density at radius 3 is 2.61 bits per heavy atom. The number of benzene rings is 2. The van der Waals surface area contributed by atoms with Gasteiger partial charge >= 0.3 is 0 Å². The number of amides is 1. The molecule has 1 amide bonds. The van der Waals surface area contributed by atoms with E-state index in [0.29, 0.717) is 18.8 Å². The fraction of sp³-hybridized carbons (Fsp3) is 0.250. The van der Waals surface area contributed by atoms with Crippen LogP contribution < -0.4 is 5.32 Å². The summed E-state index contributed by atoms with van der Waals surface area (Å²) in [6, 6.07) is 11.5. The van der Waals surface area contributed by atoms with Gasteiger partial charge in [0.05, 0.1) is 10.6 Å². The molecular weight excluding hydrogens is 378 g/mol. The van der Waals surface area contributed by atoms with Crippen molar-refractivity contribution in [2.45, 2.75) is 24.7 Å². The Bertz CT molecular complexity index is 1160. The fourth-order valence-corrected chi connectivity index (χ4v) is 4.95. The van der Waals surface area contributed by atoms with Gasteiger partial charge in [-0.15, -0.1) is 0 Å². The van der Waals surface area contributed by atoms with Crippen molar-refractivity contribution in [2.24, 2.45) is 0 Å². The predicted molar refractivity (Wildman–Crippen MR) is 107 cm³/mol. The van der Waals surface area contributed by atoms with E-state index in [-0.39, 0.29) is 16.3 Å². The van der Waals surface area contributed by atoms with Crippen molar-refractivity contribution >= 4 is 32.5 Å². The second-order valence-electron chi connectivity index (χ2n) is 7.02. The highest BCUT2D eigenvalue weighted by molar-refractivity contribution is 7.89. The van der Waals surface area contributed by atoms with Crippen molar-refractivity contribution in [1.82, 2.24) is 9.29 Å². The molecule has 1 aromatic heterocycles. The number of sulfonamides is 1. The van der Waals surface area contributed by atoms with Crippen LogP contribution in [0.5, 0.6) is 5.75 Å². The zero-order valence-corrected chi connectivity index (χ0v) is 16.2. The lowest BCUT2D eigenvalue weighted by atomic mass is 10.2. The zero-order valence-electron chi connectivity index (χ0n) is 15.4. The number of hydrogen-bond acceptors (Lipinski definition) is 4. The molecule has 0 bridgehead atoms. The van der Waals surface area contributed by atoms with Gasteiger partial charge in [-0.05, 0) is 55.7 Å². The molecule has 0 spiro atoms. The van der Waals surface area contributed by atoms with Crippen molar-refractivity contribution in [2.75, 3.05) is 18.4 Å². The van der Waals surface area contributed by atoms with Gasteiger partial charge in [0.15, 0.2) is 0 Å². The molecule has 4 rings (SSSR count). The van der Waals surface area contributed by atoms with Crippen LogP contribution in [0.3, 0.4) is 0 Å². The molecular formula is C20H21N3O4S. The van der Waals surface area contributed by atoms with Crippen LogP contribution in [0.1, 0.15) is 28.9 Å². The van der Waals surface area contributed by atoms with Crippen LogP contribution in [0.4, 0.5) is 5.69 Å². The van der Waals surface area contributed by atoms with Gasteiger partial charge in [0.1, 0.15) is 11.4 Å². The van der Waals surface area contributed by atoms with Gasteiger partial charge in [0.2, 0.25) is 10.0 Å². The number of fused-ring (bicyclic) bond motifs is 1. The number of aromatic nitrogens is 1. The number of nitrogens with zero attached hydrogens (tertiary/aromatic N) is 1. The first-order chi connectivity index (χ1) is 13.3. The number of phenolic OH excluding ortho intramolecular Hbond substituents is 1. The maximum Gasteiger partial charge on any atom is 0.272 e. The molecule has 1 fully saturated rings. The highest BCUT2D eigenvalue weighted by atomic mass is 32.2. The molecule has 1 aliphatic heterocycles. The van der Waals surface area contributed by atoms with E-state index >= 15 is 0 Å². The van der Waals surface area contributed by atoms with Gasteiger partial charge in [0, 0.05) is 24.0 Å². The van der Waals surface area contributed by atoms with Crippen LogP contribution >= 0.6 is 0 Å². The molecule has 1 saturated heterocycles. The summed E-state index contributed by atoms with van der Waals surface area (Å²) in [6.45, 7) is 2.93. The minimum atomic E-state index is -3.64. The minimum absolute atomic E-state index is 0.0507. The minimum Gasteiger partial charge on any atom is -0.506 e. The van der Waals surface area contributed by atoms with Crippen molar-refractivity contribution in [3.8, 4) is 5.75 Å². The summed E-state index contributed by atoms with van der Waals surface area (Å²) in [4.78, 5) is 15.7. The van der Waals surface area contributed by atoms with E-state index in [1.807, 2.05) is 25.1 Å². The van der Waals surface area contributed by atoms with Crippen molar-refractivity contribution in [1.29, 1.82) is 0 Å². The zero-order chi connectivity index (χ0) is 19.9. The van der Waals surface area contributed by atoms with E-state index in [9.17, 15) is 18.3 Å². The summed E-state index contributed by atoms with van der Waals surface area (Å²) >= 11 is 0. The molecule has 2 aromatic carbocycles. The molecule has 8 heteroatoms. The number of aryl methyl sites for hydroxylation is 1. The summed E-state index contributed by atoms with van der Waals surface area (Å²) in [5.41, 5.74) is 2.28. The van der Waals surface area contributed by atoms with Crippen molar-refractivity contribution < 1.29 is 18.3 Å². The van der Waals surface area contributed by atoms with Crippen LogP contribution in [-0.2, 0) is 10.0 Å². The Labute approximate surface area is 163 Å². The largest absolute Gasteiger partial charge is 0.506 e. The summed E-state index contributed by atoms with van der Waals surface area (Å²) in [7, 11) is -3.64. The molecule has 28 heavy (non-hydrogen) atoms. The number of nitrogens with one attached hydrogen (secondary N) is 2. The summed E-state index contributed by atoms with van der Waals surface area (Å²) < 4.78 is 26.9. The number of rotatable bonds is 4. The average Bonchev–Trinajstić information content (AvgIpc) is 3.32. The lowest BCUT2D eigenvalue weighted by molar-refractivity contribution is 0.102. The first kappa shape index (κ1) is 18.5. The molecule has 0 unspecified atom stereocenters. The van der Waals surface area contributed by atoms with Crippen LogP contribution in [-0.4, -0.2) is 41.8 Å². The maximum atomic E-state index is 12.7. The Morgan fingerprint density at radius 1 is 1.11 bits per heavy atom. The molecule has 0 aliphatic carbocycles. The summed E-state index contributed by atoms with van der Waals surface area (Å²) in [6.07, 6.45) is 1.67. The molecule has 0 atom stereocenters. The first-order valence-electron chi connectivity index (χ1n) is 9.08. The van der Waals surface area contributed by atoms with Gasteiger partial charge in [0.25, 0.3) is 5.91 Å². The SMILES string of the molecule is Cc1ccc2cc(C(=O)Nc3cc(S(=O)(=O)N4CCCC4)ccc3O)[nH]c2c1. The van der Waals surface area contributed by atoms with E-state index in [1.54, 1.807) is 6.07 Å². The normalized spacial score (nSPS) is 15.2. The lowest BCUT2D eigenvalue weighted by Crippen LogP contribution is -2.28. The molecule has 3 aromatic rings. The molecule has 2 heterocycles. The summed E-state index contributed by atoms with van der Waals surface area (Å²) in [5, 5.41) is 13.6. The number of aromatic hydroxyl groups is 1. The fourth-order valence-electron chi connectivity index (χ4n) is 3.41. The van der Waals surface area contributed by atoms with E-state index in [0.717, 1.165) is 29.3 Å². The maximum absolute atomic E-state index is 12.7. The van der Waals surface area contributed by atoms with E-state index in [4.69, 9.17) is 0 Å². The lowest BCUT2D eigenvalue weighted by Gasteiger charge is -2.16. The van der Waals surface area contributed by atoms with Gasteiger partial charge < -0.3 is 15.4 Å². The second-order valence-corrected chi connectivity index (χ2v) is 8.96. The van der Waals surface area contributed by atoms with E-state index < -0.39 is 15.9 Å². The molecule has 0 radical (unpaired) electrons. The van der Waals surface area contributed by atoms with E-state index in [2.05, 4.69) is 10.3 Å². The van der Waals surface area contributed by atoms with Gasteiger partial charge in [-0.2, -0.15) is 4.31 Å². The predicted octanol–water partition coefficient (Wildman–Crippen LogP) is 3.22. The quantitative estimate of drug-likeness (QED) is 0.586. The van der Waals surface area contributed by atoms with Crippen molar-refractivity contribution in [3.05, 3.63) is 53.7 Å². The number of anilines is 1. The standard InChI is InChI=1S/C20H21N3O4S/c1-13-4-5-14-11-18(21-16(14)10-13)20(25)22-17-12-15(6-7-19(17)24)28(26,27)23-8-2-3-9-23/h4-7,10-12,21,24H,2-3,8-9H2,1H3,(H,22,25). The average molecular weight is 399 g/mol. The number of hydrogen-bond donors (Lipinski definition) is 3. The van der Waals surface area contributed by atoms with Crippen LogP contribution in [0.15, 0.2) is 47.4 Å². The molecule has 3 N–H and O–H groups in total. The van der Waals surface area contributed by atoms with Crippen LogP contribution in [0, 0.1) is 6.92 Å². The molecule has 7 nitrogen and oxygen atoms in total. The summed E-state index contributed by atoms with van der Waals surface area (Å²) in [5.74, 6) is -0.652. The number of carbonyl (C=O) groups is 1. The molecule has 0 saturated carbocycles. The highest BCUT2D eigenvalue weighted by Gasteiger charge is 2.28. The van der Waals surface area contributed by atoms with Gasteiger partial charge in [-0.3, -0.25) is 4.79 Å². The number of H-pyrrole nitrogens is 1. The monoisotopic (exact) mass is 399 g/mol. The third-order valence-corrected chi connectivity index (χ3v) is 6.84. The third kappa shape index (κ3) is 3.36. The highest BCUT2D eigenvalue weighted by Crippen LogP contribution is 2.30. The Morgan fingerprint density at radius 2 is 1.86 bits per heavy atom. The van der Waals surface area contributed by atoms with Gasteiger partial charge in [-0.1, -0.05) is 12.1 Å². The van der Waals surface area contributed by atoms with Crippen molar-refractivity contribution in [3.63, 3.8) is 0 Å². The number of aromatic amines is 1. The number of carbonyl (C=O) groups excluding carboxylic acids is 1.